The minimum atomic E-state index is -0.544. The lowest BCUT2D eigenvalue weighted by atomic mass is 10.1. The van der Waals surface area contributed by atoms with Crippen molar-refractivity contribution in [2.75, 3.05) is 17.2 Å². The zero-order valence-electron chi connectivity index (χ0n) is 20.8. The van der Waals surface area contributed by atoms with Gasteiger partial charge in [0.05, 0.1) is 0 Å². The molecule has 5 aromatic rings. The number of hydrogen-bond acceptors (Lipinski definition) is 7. The number of ether oxygens (including phenoxy) is 1. The Morgan fingerprint density at radius 3 is 2.49 bits per heavy atom. The highest BCUT2D eigenvalue weighted by Crippen LogP contribution is 2.30. The molecule has 0 saturated heterocycles. The van der Waals surface area contributed by atoms with Gasteiger partial charge in [0.15, 0.2) is 11.6 Å². The summed E-state index contributed by atoms with van der Waals surface area (Å²) in [5, 5.41) is 9.62. The van der Waals surface area contributed by atoms with Crippen LogP contribution in [0.15, 0.2) is 91.3 Å². The molecule has 0 fully saturated rings. The van der Waals surface area contributed by atoms with Crippen LogP contribution in [0.1, 0.15) is 11.3 Å². The van der Waals surface area contributed by atoms with Gasteiger partial charge in [0.25, 0.3) is 0 Å². The fraction of sp³-hybridized carbons (Fsp3) is 0.100. The molecule has 2 aromatic carbocycles. The Balaban J connectivity index is 1.14. The lowest BCUT2D eigenvalue weighted by Crippen LogP contribution is -2.24. The van der Waals surface area contributed by atoms with Gasteiger partial charge in [-0.1, -0.05) is 18.2 Å². The van der Waals surface area contributed by atoms with Crippen molar-refractivity contribution in [2.45, 2.75) is 13.0 Å². The number of rotatable bonds is 7. The molecule has 0 aliphatic carbocycles. The fourth-order valence-electron chi connectivity index (χ4n) is 4.36. The van der Waals surface area contributed by atoms with Crippen LogP contribution < -0.4 is 20.7 Å². The Morgan fingerprint density at radius 1 is 0.769 bits per heavy atom. The van der Waals surface area contributed by atoms with Gasteiger partial charge in [-0.05, 0) is 65.2 Å². The van der Waals surface area contributed by atoms with E-state index in [0.29, 0.717) is 28.9 Å². The molecule has 0 saturated carbocycles. The maximum absolute atomic E-state index is 15.0. The van der Waals surface area contributed by atoms with Crippen molar-refractivity contribution in [2.24, 2.45) is 0 Å². The first-order valence-corrected chi connectivity index (χ1v) is 12.5. The average molecular weight is 523 g/mol. The third-order valence-electron chi connectivity index (χ3n) is 6.26. The molecule has 0 spiro atoms. The lowest BCUT2D eigenvalue weighted by Gasteiger charge is -2.17. The van der Waals surface area contributed by atoms with Crippen LogP contribution in [-0.2, 0) is 13.0 Å². The van der Waals surface area contributed by atoms with Gasteiger partial charge in [0.1, 0.15) is 29.0 Å². The third kappa shape index (κ3) is 5.83. The van der Waals surface area contributed by atoms with Crippen molar-refractivity contribution < 1.29 is 13.5 Å². The highest BCUT2D eigenvalue weighted by atomic mass is 19.1. The highest BCUT2D eigenvalue weighted by molar-refractivity contribution is 5.68. The van der Waals surface area contributed by atoms with E-state index >= 15 is 0 Å². The van der Waals surface area contributed by atoms with Gasteiger partial charge in [-0.15, -0.1) is 0 Å². The van der Waals surface area contributed by atoms with Gasteiger partial charge in [0.2, 0.25) is 0 Å². The molecule has 194 valence electrons. The van der Waals surface area contributed by atoms with E-state index in [1.807, 2.05) is 12.1 Å². The number of benzene rings is 2. The summed E-state index contributed by atoms with van der Waals surface area (Å²) in [6, 6.07) is 21.7. The number of halogens is 2. The summed E-state index contributed by atoms with van der Waals surface area (Å²) in [5.74, 6) is 1.37. The molecule has 0 unspecified atom stereocenters. The zero-order chi connectivity index (χ0) is 26.6. The predicted octanol–water partition coefficient (Wildman–Crippen LogP) is 6.74. The number of hydrogen-bond donors (Lipinski definition) is 3. The summed E-state index contributed by atoms with van der Waals surface area (Å²) in [6.07, 6.45) is 4.08. The number of pyridine rings is 3. The SMILES string of the molecule is Fc1cccc(-c2ccnc(Nc3ccc(Oc4ccnc(Nc5ccc6c(n5)CCNC6)c4)c(F)c3)c2)c1. The summed E-state index contributed by atoms with van der Waals surface area (Å²) >= 11 is 0. The molecule has 6 rings (SSSR count). The topological polar surface area (TPSA) is 84.0 Å². The minimum Gasteiger partial charge on any atom is -0.454 e. The second-order valence-electron chi connectivity index (χ2n) is 9.04. The summed E-state index contributed by atoms with van der Waals surface area (Å²) < 4.78 is 34.4. The molecule has 1 aliphatic rings. The monoisotopic (exact) mass is 522 g/mol. The average Bonchev–Trinajstić information content (AvgIpc) is 2.95. The molecule has 0 amide bonds. The Labute approximate surface area is 224 Å². The van der Waals surface area contributed by atoms with E-state index in [9.17, 15) is 8.78 Å². The zero-order valence-corrected chi connectivity index (χ0v) is 20.8. The van der Waals surface area contributed by atoms with Crippen molar-refractivity contribution >= 4 is 23.1 Å². The van der Waals surface area contributed by atoms with Crippen molar-refractivity contribution in [1.29, 1.82) is 0 Å². The number of nitrogens with zero attached hydrogens (tertiary/aromatic N) is 3. The maximum atomic E-state index is 15.0. The quantitative estimate of drug-likeness (QED) is 0.218. The van der Waals surface area contributed by atoms with Gasteiger partial charge in [0, 0.05) is 55.4 Å². The summed E-state index contributed by atoms with van der Waals surface area (Å²) in [5.41, 5.74) is 4.27. The number of aromatic nitrogens is 3. The van der Waals surface area contributed by atoms with E-state index in [1.165, 1.54) is 23.8 Å². The van der Waals surface area contributed by atoms with Crippen LogP contribution in [0, 0.1) is 11.6 Å². The van der Waals surface area contributed by atoms with Crippen molar-refractivity contribution in [3.05, 3.63) is 114 Å². The van der Waals surface area contributed by atoms with Gasteiger partial charge < -0.3 is 20.7 Å². The molecule has 3 N–H and O–H groups in total. The maximum Gasteiger partial charge on any atom is 0.167 e. The Kier molecular flexibility index (Phi) is 6.80. The summed E-state index contributed by atoms with van der Waals surface area (Å²) in [4.78, 5) is 13.3. The predicted molar refractivity (Wildman–Crippen MR) is 147 cm³/mol. The largest absolute Gasteiger partial charge is 0.454 e. The first-order valence-electron chi connectivity index (χ1n) is 12.5. The van der Waals surface area contributed by atoms with Crippen LogP contribution in [0.4, 0.5) is 31.9 Å². The summed E-state index contributed by atoms with van der Waals surface area (Å²) in [6.45, 7) is 1.73. The van der Waals surface area contributed by atoms with E-state index in [-0.39, 0.29) is 11.6 Å². The van der Waals surface area contributed by atoms with Crippen LogP contribution in [-0.4, -0.2) is 21.5 Å². The highest BCUT2D eigenvalue weighted by Gasteiger charge is 2.12. The normalized spacial score (nSPS) is 12.5. The van der Waals surface area contributed by atoms with Crippen LogP contribution in [0.2, 0.25) is 0 Å². The molecule has 0 atom stereocenters. The molecular formula is C30H24F2N6O. The van der Waals surface area contributed by atoms with Crippen LogP contribution in [0.25, 0.3) is 11.1 Å². The fourth-order valence-corrected chi connectivity index (χ4v) is 4.36. The van der Waals surface area contributed by atoms with E-state index in [0.717, 1.165) is 36.3 Å². The van der Waals surface area contributed by atoms with Crippen LogP contribution in [0.3, 0.4) is 0 Å². The molecule has 0 radical (unpaired) electrons. The molecule has 4 heterocycles. The second-order valence-corrected chi connectivity index (χ2v) is 9.04. The summed E-state index contributed by atoms with van der Waals surface area (Å²) in [7, 11) is 0. The van der Waals surface area contributed by atoms with Gasteiger partial charge in [-0.25, -0.2) is 23.7 Å². The van der Waals surface area contributed by atoms with E-state index in [2.05, 4.69) is 37.0 Å². The first-order chi connectivity index (χ1) is 19.1. The molecule has 1 aliphatic heterocycles. The molecule has 7 nitrogen and oxygen atoms in total. The van der Waals surface area contributed by atoms with E-state index in [4.69, 9.17) is 4.74 Å². The van der Waals surface area contributed by atoms with E-state index < -0.39 is 5.82 Å². The second kappa shape index (κ2) is 10.8. The lowest BCUT2D eigenvalue weighted by molar-refractivity contribution is 0.442. The number of anilines is 4. The first kappa shape index (κ1) is 24.4. The van der Waals surface area contributed by atoms with Gasteiger partial charge >= 0.3 is 0 Å². The number of fused-ring (bicyclic) bond motifs is 1. The molecule has 0 bridgehead atoms. The van der Waals surface area contributed by atoms with Gasteiger partial charge in [-0.2, -0.15) is 0 Å². The Hall–Kier alpha value is -4.89. The van der Waals surface area contributed by atoms with Crippen LogP contribution in [0.5, 0.6) is 11.5 Å². The smallest absolute Gasteiger partial charge is 0.167 e. The molecule has 3 aromatic heterocycles. The van der Waals surface area contributed by atoms with Crippen molar-refractivity contribution in [1.82, 2.24) is 20.3 Å². The Morgan fingerprint density at radius 2 is 1.62 bits per heavy atom. The standard InChI is InChI=1S/C30H24F2N6O/c31-22-3-1-2-19(14-22)20-8-12-34-29(15-20)36-23-5-6-27(25(32)16-23)39-24-9-13-35-30(17-24)38-28-7-4-21-18-33-11-10-26(21)37-28/h1-9,12-17,33H,10-11,18H2,(H,34,36)(H,35,37,38). The van der Waals surface area contributed by atoms with E-state index in [1.54, 1.807) is 54.9 Å². The van der Waals surface area contributed by atoms with Gasteiger partial charge in [-0.3, -0.25) is 0 Å². The van der Waals surface area contributed by atoms with Crippen molar-refractivity contribution in [3.63, 3.8) is 0 Å². The van der Waals surface area contributed by atoms with Crippen molar-refractivity contribution in [3.8, 4) is 22.6 Å². The molecule has 9 heteroatoms. The molecule has 39 heavy (non-hydrogen) atoms. The molecular weight excluding hydrogens is 498 g/mol. The minimum absolute atomic E-state index is 0.0681. The van der Waals surface area contributed by atoms with Crippen LogP contribution >= 0.6 is 0 Å². The third-order valence-corrected chi connectivity index (χ3v) is 6.26. The Bertz CT molecular complexity index is 1640. The number of nitrogens with one attached hydrogen (secondary N) is 3.